The molecule has 4 atom stereocenters. The van der Waals surface area contributed by atoms with Gasteiger partial charge in [0.15, 0.2) is 11.5 Å². The van der Waals surface area contributed by atoms with Gasteiger partial charge < -0.3 is 31.5 Å². The summed E-state index contributed by atoms with van der Waals surface area (Å²) in [5.41, 5.74) is 18.1. The zero-order valence-corrected chi connectivity index (χ0v) is 25.3. The zero-order chi connectivity index (χ0) is 31.2. The maximum atomic E-state index is 12.5. The van der Waals surface area contributed by atoms with Crippen molar-refractivity contribution < 1.29 is 29.8 Å². The van der Waals surface area contributed by atoms with E-state index >= 15 is 0 Å². The molecule has 1 unspecified atom stereocenters. The number of aryl methyl sites for hydroxylation is 1. The predicted octanol–water partition coefficient (Wildman–Crippen LogP) is 2.65. The average molecular weight is 600 g/mol. The van der Waals surface area contributed by atoms with Crippen LogP contribution in [0, 0.1) is 11.8 Å². The molecule has 0 fully saturated rings. The fourth-order valence-corrected chi connectivity index (χ4v) is 5.95. The first-order valence-corrected chi connectivity index (χ1v) is 15.5. The molecule has 9 nitrogen and oxygen atoms in total. The summed E-state index contributed by atoms with van der Waals surface area (Å²) in [6.45, 7) is 2.71. The largest absolute Gasteiger partial charge is 0.504 e. The molecule has 9 heteroatoms. The Morgan fingerprint density at radius 3 is 2.84 bits per heavy atom. The molecular weight excluding hydrogens is 556 g/mol. The lowest BCUT2D eigenvalue weighted by Gasteiger charge is -2.23. The van der Waals surface area contributed by atoms with E-state index in [2.05, 4.69) is 30.0 Å². The number of aliphatic imine (C=N–C) groups is 1. The first kappa shape index (κ1) is 31.6. The highest BCUT2D eigenvalue weighted by atomic mass is 16.5. The zero-order valence-electron chi connectivity index (χ0n) is 25.3. The van der Waals surface area contributed by atoms with Crippen molar-refractivity contribution in [1.29, 1.82) is 0 Å². The van der Waals surface area contributed by atoms with Gasteiger partial charge >= 0.3 is 0 Å². The molecule has 0 amide bonds. The number of Topliss-reactive ketones (excluding diaryl/α,β-unsaturated/α-hetero) is 1. The number of allylic oxidation sites excluding steroid dienone is 1. The molecule has 3 aliphatic heterocycles. The number of nitrogens with one attached hydrogen (secondary N) is 1. The van der Waals surface area contributed by atoms with E-state index in [9.17, 15) is 20.1 Å². The fourth-order valence-electron chi connectivity index (χ4n) is 5.95. The lowest BCUT2D eigenvalue weighted by molar-refractivity contribution is -0.882. The Bertz CT molecular complexity index is 1530. The van der Waals surface area contributed by atoms with Gasteiger partial charge in [-0.15, -0.1) is 0 Å². The van der Waals surface area contributed by atoms with Crippen molar-refractivity contribution in [2.45, 2.75) is 89.3 Å². The number of hydrogen-bond donors (Lipinski definition) is 6. The molecule has 0 spiro atoms. The summed E-state index contributed by atoms with van der Waals surface area (Å²) >= 11 is 0. The van der Waals surface area contributed by atoms with Gasteiger partial charge in [-0.05, 0) is 52.8 Å². The van der Waals surface area contributed by atoms with Crippen molar-refractivity contribution in [3.63, 3.8) is 0 Å². The third-order valence-electron chi connectivity index (χ3n) is 8.49. The van der Waals surface area contributed by atoms with Crippen LogP contribution in [0.25, 0.3) is 0 Å². The number of aromatic hydroxyl groups is 1. The van der Waals surface area contributed by atoms with Crippen molar-refractivity contribution in [3.05, 3.63) is 82.2 Å². The Balaban J connectivity index is 1.32. The number of rotatable bonds is 12. The molecular formula is C35H43N4O5+. The van der Waals surface area contributed by atoms with E-state index in [0.717, 1.165) is 57.7 Å². The van der Waals surface area contributed by atoms with Crippen molar-refractivity contribution in [3.8, 4) is 23.3 Å². The maximum absolute atomic E-state index is 12.5. The molecule has 0 saturated heterocycles. The summed E-state index contributed by atoms with van der Waals surface area (Å²) in [5.74, 6) is 6.41. The van der Waals surface area contributed by atoms with Crippen LogP contribution in [0.1, 0.15) is 86.4 Å². The number of benzene rings is 2. The Hall–Kier alpha value is -3.78. The highest BCUT2D eigenvalue weighted by molar-refractivity contribution is 6.08. The number of hydrogen-bond acceptors (Lipinski definition) is 8. The highest BCUT2D eigenvalue weighted by Crippen LogP contribution is 2.31. The van der Waals surface area contributed by atoms with E-state index < -0.39 is 24.6 Å². The molecule has 3 aliphatic rings. The minimum absolute atomic E-state index is 0.00209. The van der Waals surface area contributed by atoms with Crippen LogP contribution in [0.15, 0.2) is 64.9 Å². The fraction of sp³-hybridized carbons (Fsp3) is 0.429. The maximum Gasteiger partial charge on any atom is 0.247 e. The summed E-state index contributed by atoms with van der Waals surface area (Å²) < 4.78 is 6.40. The van der Waals surface area contributed by atoms with Gasteiger partial charge in [0, 0.05) is 25.5 Å². The predicted molar refractivity (Wildman–Crippen MR) is 169 cm³/mol. The third-order valence-corrected chi connectivity index (χ3v) is 8.49. The van der Waals surface area contributed by atoms with Crippen molar-refractivity contribution in [2.75, 3.05) is 6.54 Å². The first-order chi connectivity index (χ1) is 21.2. The average Bonchev–Trinajstić information content (AvgIpc) is 3.58. The molecule has 44 heavy (non-hydrogen) atoms. The van der Waals surface area contributed by atoms with Crippen LogP contribution in [-0.2, 0) is 17.6 Å². The van der Waals surface area contributed by atoms with E-state index in [0.29, 0.717) is 50.0 Å². The van der Waals surface area contributed by atoms with Crippen molar-refractivity contribution in [1.82, 2.24) is 0 Å². The standard InChI is InChI=1S/C35H42N4O5/c1-2-3-4-6-26(40)18-27(41)12-9-22-10-14-32(43)33(15-22)44-34-8-5-7-31(42)28-13-11-23(35(36)37)16-24(28)17-25-19-38-30-21-39(34)20-29(25)30/h10-11,13-16,19-20,26,31,34-35,40,42-43H,2-4,6,8-9,12,17-18,21,36-37H2,1H3/p+1/t26-,31+,34+/m1/s1. The molecule has 2 aromatic rings. The summed E-state index contributed by atoms with van der Waals surface area (Å²) in [6.07, 6.45) is 6.76. The van der Waals surface area contributed by atoms with Crippen LogP contribution in [0.2, 0.25) is 0 Å². The number of quaternary nitrogens is 1. The number of ether oxygens (including phenoxy) is 1. The monoisotopic (exact) mass is 599 g/mol. The molecule has 5 rings (SSSR count). The number of aliphatic hydroxyl groups is 2. The lowest BCUT2D eigenvalue weighted by atomic mass is 9.91. The molecule has 0 saturated carbocycles. The van der Waals surface area contributed by atoms with Gasteiger partial charge in [-0.2, -0.15) is 0 Å². The molecule has 8 N–H and O–H groups in total. The van der Waals surface area contributed by atoms with Gasteiger partial charge in [0.05, 0.1) is 17.8 Å². The Morgan fingerprint density at radius 1 is 1.20 bits per heavy atom. The summed E-state index contributed by atoms with van der Waals surface area (Å²) in [6, 6.07) is 10.7. The van der Waals surface area contributed by atoms with Crippen LogP contribution in [0.4, 0.5) is 0 Å². The quantitative estimate of drug-likeness (QED) is 0.124. The molecule has 3 heterocycles. The minimum atomic E-state index is -1.01. The van der Waals surface area contributed by atoms with Crippen molar-refractivity contribution in [2.24, 2.45) is 16.5 Å². The van der Waals surface area contributed by atoms with Gasteiger partial charge in [0.2, 0.25) is 6.23 Å². The highest BCUT2D eigenvalue weighted by Gasteiger charge is 2.36. The minimum Gasteiger partial charge on any atom is -0.504 e. The second-order valence-electron chi connectivity index (χ2n) is 11.9. The van der Waals surface area contributed by atoms with Gasteiger partial charge in [-0.25, -0.2) is 0 Å². The van der Waals surface area contributed by atoms with E-state index in [1.165, 1.54) is 0 Å². The van der Waals surface area contributed by atoms with E-state index in [1.807, 2.05) is 24.4 Å². The van der Waals surface area contributed by atoms with Gasteiger partial charge in [0.1, 0.15) is 36.8 Å². The number of nitrogens with two attached hydrogens (primary N) is 2. The van der Waals surface area contributed by atoms with Gasteiger partial charge in [-0.3, -0.25) is 14.7 Å². The molecule has 2 aromatic carbocycles. The lowest BCUT2D eigenvalue weighted by Crippen LogP contribution is -3.12. The third kappa shape index (κ3) is 7.65. The number of phenols is 1. The van der Waals surface area contributed by atoms with Gasteiger partial charge in [-0.1, -0.05) is 62.3 Å². The second-order valence-corrected chi connectivity index (χ2v) is 11.9. The summed E-state index contributed by atoms with van der Waals surface area (Å²) in [7, 11) is 0. The Labute approximate surface area is 258 Å². The van der Waals surface area contributed by atoms with Gasteiger partial charge in [0.25, 0.3) is 0 Å². The van der Waals surface area contributed by atoms with E-state index in [4.69, 9.17) is 16.2 Å². The smallest absolute Gasteiger partial charge is 0.247 e. The summed E-state index contributed by atoms with van der Waals surface area (Å²) in [4.78, 5) is 18.2. The van der Waals surface area contributed by atoms with Crippen LogP contribution in [0.3, 0.4) is 0 Å². The number of unbranched alkanes of at least 4 members (excludes halogenated alkanes) is 2. The van der Waals surface area contributed by atoms with E-state index in [1.54, 1.807) is 18.2 Å². The molecule has 232 valence electrons. The topological polar surface area (TPSA) is 156 Å². The second kappa shape index (κ2) is 14.3. The number of nitrogens with zero attached hydrogens (tertiary/aromatic N) is 1. The molecule has 0 radical (unpaired) electrons. The molecule has 2 bridgehead atoms. The number of carbonyl (C=O) groups is 1. The van der Waals surface area contributed by atoms with E-state index in [-0.39, 0.29) is 18.0 Å². The molecule has 0 aliphatic carbocycles. The first-order valence-electron chi connectivity index (χ1n) is 15.5. The number of aliphatic hydroxyl groups excluding tert-OH is 2. The Morgan fingerprint density at radius 2 is 2.05 bits per heavy atom. The van der Waals surface area contributed by atoms with Crippen LogP contribution in [0.5, 0.6) is 11.5 Å². The van der Waals surface area contributed by atoms with Crippen LogP contribution < -0.4 is 21.1 Å². The normalized spacial score (nSPS) is 21.2. The number of phenolic OH excluding ortho intramolecular Hbond substituents is 1. The van der Waals surface area contributed by atoms with Crippen molar-refractivity contribution >= 4 is 11.5 Å². The number of carbonyl (C=O) groups excluding carboxylic acids is 1. The van der Waals surface area contributed by atoms with Crippen LogP contribution >= 0.6 is 0 Å². The molecule has 0 aromatic heterocycles. The van der Waals surface area contributed by atoms with Crippen LogP contribution in [-0.4, -0.2) is 45.7 Å². The summed E-state index contributed by atoms with van der Waals surface area (Å²) in [5, 5.41) is 31.9. The Kier molecular flexibility index (Phi) is 10.3. The number of ketones is 1. The number of fused-ring (bicyclic) bond motifs is 2. The SMILES string of the molecule is CCCCC[C@@H](O)CC(=O)CCc1ccc(O)c(O[C@H]2CC#C[C@H](O)c3ccc(C(N)N)cc3CC3=CN=C4C[NH+]2C=C34)c1.